The average Bonchev–Trinajstić information content (AvgIpc) is 2.48. The summed E-state index contributed by atoms with van der Waals surface area (Å²) in [5.74, 6) is 0.283. The summed E-state index contributed by atoms with van der Waals surface area (Å²) < 4.78 is 18.2. The Balaban J connectivity index is 1.72. The summed E-state index contributed by atoms with van der Waals surface area (Å²) in [5.41, 5.74) is 3.06. The minimum Gasteiger partial charge on any atom is -0.494 e. The summed E-state index contributed by atoms with van der Waals surface area (Å²) in [6.45, 7) is 4.41. The number of halogens is 1. The lowest BCUT2D eigenvalue weighted by molar-refractivity contribution is -0.116. The van der Waals surface area contributed by atoms with E-state index >= 15 is 0 Å². The first kappa shape index (κ1) is 16.0. The monoisotopic (exact) mass is 301 g/mol. The minimum absolute atomic E-state index is 0.0327. The van der Waals surface area contributed by atoms with E-state index in [9.17, 15) is 9.18 Å². The van der Waals surface area contributed by atoms with E-state index in [-0.39, 0.29) is 11.7 Å². The van der Waals surface area contributed by atoms with E-state index in [2.05, 4.69) is 5.32 Å². The van der Waals surface area contributed by atoms with Crippen LogP contribution in [0.15, 0.2) is 42.5 Å². The van der Waals surface area contributed by atoms with Gasteiger partial charge in [0, 0.05) is 12.1 Å². The van der Waals surface area contributed by atoms with Crippen LogP contribution < -0.4 is 10.1 Å². The summed E-state index contributed by atoms with van der Waals surface area (Å²) in [4.78, 5) is 11.9. The van der Waals surface area contributed by atoms with Gasteiger partial charge < -0.3 is 10.1 Å². The van der Waals surface area contributed by atoms with Gasteiger partial charge in [0.05, 0.1) is 6.61 Å². The molecule has 0 atom stereocenters. The summed E-state index contributed by atoms with van der Waals surface area (Å²) in [6, 6.07) is 11.8. The second-order valence-corrected chi connectivity index (χ2v) is 5.27. The summed E-state index contributed by atoms with van der Waals surface area (Å²) >= 11 is 0. The highest BCUT2D eigenvalue weighted by Crippen LogP contribution is 2.16. The van der Waals surface area contributed by atoms with Gasteiger partial charge >= 0.3 is 0 Å². The number of ether oxygens (including phenoxy) is 1. The van der Waals surface area contributed by atoms with Crippen molar-refractivity contribution in [1.82, 2.24) is 0 Å². The number of carbonyl (C=O) groups is 1. The molecule has 2 aromatic carbocycles. The van der Waals surface area contributed by atoms with Crippen molar-refractivity contribution in [2.24, 2.45) is 0 Å². The maximum atomic E-state index is 12.7. The number of hydrogen-bond acceptors (Lipinski definition) is 2. The van der Waals surface area contributed by atoms with Gasteiger partial charge in [-0.3, -0.25) is 4.79 Å². The van der Waals surface area contributed by atoms with Gasteiger partial charge in [-0.15, -0.1) is 0 Å². The van der Waals surface area contributed by atoms with Gasteiger partial charge in [-0.25, -0.2) is 4.39 Å². The van der Waals surface area contributed by atoms with Crippen molar-refractivity contribution in [1.29, 1.82) is 0 Å². The van der Waals surface area contributed by atoms with Gasteiger partial charge in [0.15, 0.2) is 0 Å². The van der Waals surface area contributed by atoms with Crippen LogP contribution in [0.1, 0.15) is 24.0 Å². The molecule has 0 aliphatic carbocycles. The number of aryl methyl sites for hydroxylation is 2. The third kappa shape index (κ3) is 4.88. The topological polar surface area (TPSA) is 38.3 Å². The van der Waals surface area contributed by atoms with Gasteiger partial charge in [-0.1, -0.05) is 17.7 Å². The van der Waals surface area contributed by atoms with E-state index in [4.69, 9.17) is 4.74 Å². The van der Waals surface area contributed by atoms with Crippen LogP contribution in [0.3, 0.4) is 0 Å². The molecule has 0 radical (unpaired) electrons. The molecule has 4 heteroatoms. The first-order chi connectivity index (χ1) is 10.5. The Morgan fingerprint density at radius 1 is 1.14 bits per heavy atom. The standard InChI is InChI=1S/C18H20FNO2/c1-13-5-10-17(14(2)12-13)20-18(21)4-3-11-22-16-8-6-15(19)7-9-16/h5-10,12H,3-4,11H2,1-2H3,(H,20,21). The fraction of sp³-hybridized carbons (Fsp3) is 0.278. The molecule has 0 spiro atoms. The Bertz CT molecular complexity index is 638. The summed E-state index contributed by atoms with van der Waals surface area (Å²) in [5, 5.41) is 2.90. The normalized spacial score (nSPS) is 10.3. The highest BCUT2D eigenvalue weighted by molar-refractivity contribution is 5.91. The first-order valence-corrected chi connectivity index (χ1v) is 7.30. The SMILES string of the molecule is Cc1ccc(NC(=O)CCCOc2ccc(F)cc2)c(C)c1. The molecule has 0 fully saturated rings. The quantitative estimate of drug-likeness (QED) is 0.810. The van der Waals surface area contributed by atoms with E-state index in [1.807, 2.05) is 32.0 Å². The number of rotatable bonds is 6. The maximum absolute atomic E-state index is 12.7. The first-order valence-electron chi connectivity index (χ1n) is 7.30. The highest BCUT2D eigenvalue weighted by Gasteiger charge is 2.05. The molecule has 1 amide bonds. The van der Waals surface area contributed by atoms with Crippen molar-refractivity contribution in [3.63, 3.8) is 0 Å². The van der Waals surface area contributed by atoms with Crippen LogP contribution in [0.25, 0.3) is 0 Å². The molecule has 0 saturated heterocycles. The zero-order valence-electron chi connectivity index (χ0n) is 12.9. The summed E-state index contributed by atoms with van der Waals surface area (Å²) in [7, 11) is 0. The van der Waals surface area contributed by atoms with E-state index in [0.29, 0.717) is 25.2 Å². The van der Waals surface area contributed by atoms with Gasteiger partial charge in [0.25, 0.3) is 0 Å². The van der Waals surface area contributed by atoms with Crippen LogP contribution in [0, 0.1) is 19.7 Å². The zero-order chi connectivity index (χ0) is 15.9. The number of hydrogen-bond donors (Lipinski definition) is 1. The Morgan fingerprint density at radius 2 is 1.86 bits per heavy atom. The van der Waals surface area contributed by atoms with Crippen molar-refractivity contribution in [2.75, 3.05) is 11.9 Å². The molecule has 0 unspecified atom stereocenters. The van der Waals surface area contributed by atoms with Crippen LogP contribution in [0.2, 0.25) is 0 Å². The lowest BCUT2D eigenvalue weighted by atomic mass is 10.1. The minimum atomic E-state index is -0.291. The van der Waals surface area contributed by atoms with Gasteiger partial charge in [0.2, 0.25) is 5.91 Å². The molecule has 0 bridgehead atoms. The van der Waals surface area contributed by atoms with Gasteiger partial charge in [-0.05, 0) is 56.2 Å². The van der Waals surface area contributed by atoms with Crippen LogP contribution >= 0.6 is 0 Å². The van der Waals surface area contributed by atoms with Crippen molar-refractivity contribution in [2.45, 2.75) is 26.7 Å². The molecule has 116 valence electrons. The van der Waals surface area contributed by atoms with Crippen LogP contribution in [-0.2, 0) is 4.79 Å². The summed E-state index contributed by atoms with van der Waals surface area (Å²) in [6.07, 6.45) is 0.989. The lowest BCUT2D eigenvalue weighted by Crippen LogP contribution is -2.13. The molecule has 0 heterocycles. The van der Waals surface area contributed by atoms with Crippen molar-refractivity contribution in [3.05, 3.63) is 59.4 Å². The van der Waals surface area contributed by atoms with E-state index in [0.717, 1.165) is 11.3 Å². The van der Waals surface area contributed by atoms with E-state index in [1.165, 1.54) is 17.7 Å². The number of carbonyl (C=O) groups excluding carboxylic acids is 1. The number of nitrogens with one attached hydrogen (secondary N) is 1. The number of benzene rings is 2. The Hall–Kier alpha value is -2.36. The predicted octanol–water partition coefficient (Wildman–Crippen LogP) is 4.24. The van der Waals surface area contributed by atoms with Gasteiger partial charge in [0.1, 0.15) is 11.6 Å². The molecule has 0 saturated carbocycles. The molecular weight excluding hydrogens is 281 g/mol. The molecule has 0 aromatic heterocycles. The van der Waals surface area contributed by atoms with Crippen LogP contribution in [0.4, 0.5) is 10.1 Å². The molecule has 2 aromatic rings. The van der Waals surface area contributed by atoms with Crippen LogP contribution in [-0.4, -0.2) is 12.5 Å². The van der Waals surface area contributed by atoms with Crippen molar-refractivity contribution < 1.29 is 13.9 Å². The Labute approximate surface area is 130 Å². The second kappa shape index (κ2) is 7.59. The molecule has 3 nitrogen and oxygen atoms in total. The lowest BCUT2D eigenvalue weighted by Gasteiger charge is -2.09. The van der Waals surface area contributed by atoms with Crippen molar-refractivity contribution in [3.8, 4) is 5.75 Å². The second-order valence-electron chi connectivity index (χ2n) is 5.27. The largest absolute Gasteiger partial charge is 0.494 e. The number of amides is 1. The molecule has 2 rings (SSSR count). The van der Waals surface area contributed by atoms with Crippen molar-refractivity contribution >= 4 is 11.6 Å². The third-order valence-electron chi connectivity index (χ3n) is 3.29. The molecule has 0 aliphatic heterocycles. The smallest absolute Gasteiger partial charge is 0.224 e. The van der Waals surface area contributed by atoms with Crippen LogP contribution in [0.5, 0.6) is 5.75 Å². The number of anilines is 1. The average molecular weight is 301 g/mol. The Morgan fingerprint density at radius 3 is 2.55 bits per heavy atom. The zero-order valence-corrected chi connectivity index (χ0v) is 12.9. The third-order valence-corrected chi connectivity index (χ3v) is 3.29. The van der Waals surface area contributed by atoms with Gasteiger partial charge in [-0.2, -0.15) is 0 Å². The fourth-order valence-electron chi connectivity index (χ4n) is 2.12. The van der Waals surface area contributed by atoms with E-state index in [1.54, 1.807) is 12.1 Å². The highest BCUT2D eigenvalue weighted by atomic mass is 19.1. The fourth-order valence-corrected chi connectivity index (χ4v) is 2.12. The maximum Gasteiger partial charge on any atom is 0.224 e. The molecule has 1 N–H and O–H groups in total. The molecule has 22 heavy (non-hydrogen) atoms. The molecule has 0 aliphatic rings. The molecular formula is C18H20FNO2. The predicted molar refractivity (Wildman–Crippen MR) is 85.7 cm³/mol. The Kier molecular flexibility index (Phi) is 5.53. The van der Waals surface area contributed by atoms with E-state index < -0.39 is 0 Å².